The van der Waals surface area contributed by atoms with Gasteiger partial charge in [0.15, 0.2) is 0 Å². The van der Waals surface area contributed by atoms with Crippen molar-refractivity contribution in [1.29, 1.82) is 0 Å². The summed E-state index contributed by atoms with van der Waals surface area (Å²) < 4.78 is 0. The molecule has 0 radical (unpaired) electrons. The molecule has 0 saturated carbocycles. The van der Waals surface area contributed by atoms with Crippen LogP contribution in [0.1, 0.15) is 40.5 Å². The Morgan fingerprint density at radius 3 is 2.25 bits per heavy atom. The van der Waals surface area contributed by atoms with Crippen molar-refractivity contribution in [1.82, 2.24) is 15.1 Å². The molecular formula is C16H35N3O. The average Bonchev–Trinajstić information content (AvgIpc) is 2.44. The van der Waals surface area contributed by atoms with Crippen LogP contribution in [-0.2, 0) is 0 Å². The highest BCUT2D eigenvalue weighted by Gasteiger charge is 2.24. The van der Waals surface area contributed by atoms with Gasteiger partial charge in [-0.05, 0) is 32.2 Å². The zero-order valence-electron chi connectivity index (χ0n) is 14.0. The second-order valence-electron chi connectivity index (χ2n) is 6.93. The smallest absolute Gasteiger partial charge is 0.0611 e. The van der Waals surface area contributed by atoms with E-state index < -0.39 is 0 Å². The van der Waals surface area contributed by atoms with Crippen molar-refractivity contribution < 1.29 is 5.11 Å². The number of aliphatic hydroxyl groups excluding tert-OH is 1. The van der Waals surface area contributed by atoms with Crippen LogP contribution in [0.15, 0.2) is 0 Å². The molecule has 1 unspecified atom stereocenters. The molecule has 20 heavy (non-hydrogen) atoms. The van der Waals surface area contributed by atoms with Gasteiger partial charge in [0, 0.05) is 44.8 Å². The van der Waals surface area contributed by atoms with Gasteiger partial charge >= 0.3 is 0 Å². The summed E-state index contributed by atoms with van der Waals surface area (Å²) in [6, 6.07) is 0. The lowest BCUT2D eigenvalue weighted by molar-refractivity contribution is 0.100. The molecule has 1 heterocycles. The van der Waals surface area contributed by atoms with E-state index >= 15 is 0 Å². The largest absolute Gasteiger partial charge is 0.394 e. The van der Waals surface area contributed by atoms with E-state index in [2.05, 4.69) is 42.8 Å². The summed E-state index contributed by atoms with van der Waals surface area (Å²) in [6.07, 6.45) is 2.14. The first-order chi connectivity index (χ1) is 9.49. The van der Waals surface area contributed by atoms with Crippen LogP contribution in [0.3, 0.4) is 0 Å². The third kappa shape index (κ3) is 6.53. The highest BCUT2D eigenvalue weighted by molar-refractivity contribution is 4.84. The van der Waals surface area contributed by atoms with Gasteiger partial charge in [-0.25, -0.2) is 0 Å². The maximum Gasteiger partial charge on any atom is 0.0611 e. The summed E-state index contributed by atoms with van der Waals surface area (Å²) in [7, 11) is 0. The van der Waals surface area contributed by atoms with Crippen LogP contribution in [-0.4, -0.2) is 72.9 Å². The van der Waals surface area contributed by atoms with E-state index in [1.807, 2.05) is 0 Å². The first-order valence-corrected chi connectivity index (χ1v) is 8.29. The second-order valence-corrected chi connectivity index (χ2v) is 6.93. The van der Waals surface area contributed by atoms with Crippen LogP contribution in [0.4, 0.5) is 0 Å². The van der Waals surface area contributed by atoms with Crippen LogP contribution in [0.5, 0.6) is 0 Å². The van der Waals surface area contributed by atoms with Crippen molar-refractivity contribution in [2.45, 2.75) is 46.1 Å². The van der Waals surface area contributed by atoms with Gasteiger partial charge in [0.25, 0.3) is 0 Å². The first kappa shape index (κ1) is 17.9. The van der Waals surface area contributed by atoms with E-state index in [0.29, 0.717) is 0 Å². The van der Waals surface area contributed by atoms with Crippen LogP contribution in [0.2, 0.25) is 0 Å². The number of hydrogen-bond acceptors (Lipinski definition) is 4. The third-order valence-corrected chi connectivity index (χ3v) is 4.22. The van der Waals surface area contributed by atoms with Crippen molar-refractivity contribution in [2.75, 3.05) is 52.4 Å². The van der Waals surface area contributed by atoms with Gasteiger partial charge in [0.1, 0.15) is 0 Å². The van der Waals surface area contributed by atoms with Gasteiger partial charge in [-0.15, -0.1) is 0 Å². The van der Waals surface area contributed by atoms with E-state index in [1.165, 1.54) is 32.7 Å². The van der Waals surface area contributed by atoms with Crippen LogP contribution >= 0.6 is 0 Å². The van der Waals surface area contributed by atoms with Crippen molar-refractivity contribution in [3.05, 3.63) is 0 Å². The van der Waals surface area contributed by atoms with Crippen LogP contribution in [0, 0.1) is 5.92 Å². The fourth-order valence-corrected chi connectivity index (χ4v) is 2.77. The molecule has 4 heteroatoms. The molecule has 0 bridgehead atoms. The molecule has 0 aliphatic carbocycles. The zero-order chi connectivity index (χ0) is 15.0. The number of rotatable bonds is 9. The monoisotopic (exact) mass is 285 g/mol. The minimum absolute atomic E-state index is 0.120. The summed E-state index contributed by atoms with van der Waals surface area (Å²) in [4.78, 5) is 5.11. The maximum atomic E-state index is 9.59. The van der Waals surface area contributed by atoms with E-state index in [9.17, 15) is 5.11 Å². The molecule has 4 nitrogen and oxygen atoms in total. The van der Waals surface area contributed by atoms with Crippen molar-refractivity contribution in [2.24, 2.45) is 5.92 Å². The molecule has 0 aromatic rings. The number of piperazine rings is 1. The minimum Gasteiger partial charge on any atom is -0.394 e. The molecule has 1 aliphatic rings. The van der Waals surface area contributed by atoms with Gasteiger partial charge in [-0.3, -0.25) is 0 Å². The average molecular weight is 285 g/mol. The summed E-state index contributed by atoms with van der Waals surface area (Å²) >= 11 is 0. The lowest BCUT2D eigenvalue weighted by Crippen LogP contribution is -2.51. The first-order valence-electron chi connectivity index (χ1n) is 8.29. The second kappa shape index (κ2) is 8.98. The minimum atomic E-state index is -0.120. The molecule has 0 amide bonds. The molecule has 120 valence electrons. The molecule has 2 N–H and O–H groups in total. The van der Waals surface area contributed by atoms with Gasteiger partial charge < -0.3 is 20.2 Å². The Morgan fingerprint density at radius 1 is 1.15 bits per heavy atom. The molecular weight excluding hydrogens is 250 g/mol. The number of nitrogens with one attached hydrogen (secondary N) is 1. The van der Waals surface area contributed by atoms with Crippen molar-refractivity contribution >= 4 is 0 Å². The number of nitrogens with zero attached hydrogens (tertiary/aromatic N) is 2. The molecule has 0 aromatic heterocycles. The van der Waals surface area contributed by atoms with E-state index in [4.69, 9.17) is 0 Å². The summed E-state index contributed by atoms with van der Waals surface area (Å²) in [5.41, 5.74) is -0.120. The Labute approximate surface area is 125 Å². The number of aliphatic hydroxyl groups is 1. The molecule has 0 spiro atoms. The molecule has 0 aromatic carbocycles. The normalized spacial score (nSPS) is 21.3. The molecule has 1 saturated heterocycles. The Morgan fingerprint density at radius 2 is 1.75 bits per heavy atom. The maximum absolute atomic E-state index is 9.59. The molecule has 1 aliphatic heterocycles. The van der Waals surface area contributed by atoms with Gasteiger partial charge in [0.05, 0.1) is 6.61 Å². The van der Waals surface area contributed by atoms with E-state index in [0.717, 1.165) is 31.8 Å². The Kier molecular flexibility index (Phi) is 8.03. The summed E-state index contributed by atoms with van der Waals surface area (Å²) in [6.45, 7) is 17.1. The lowest BCUT2D eigenvalue weighted by atomic mass is 9.98. The van der Waals surface area contributed by atoms with E-state index in [-0.39, 0.29) is 12.1 Å². The SMILES string of the molecule is CCCNC(C)(CO)CCN1CCN(CC(C)C)CC1. The Balaban J connectivity index is 2.25. The van der Waals surface area contributed by atoms with Crippen molar-refractivity contribution in [3.8, 4) is 0 Å². The summed E-state index contributed by atoms with van der Waals surface area (Å²) in [5.74, 6) is 0.762. The standard InChI is InChI=1S/C16H35N3O/c1-5-7-17-16(4,14-20)6-8-18-9-11-19(12-10-18)13-15(2)3/h15,17,20H,5-14H2,1-4H3. The Hall–Kier alpha value is -0.160. The lowest BCUT2D eigenvalue weighted by Gasteiger charge is -2.37. The third-order valence-electron chi connectivity index (χ3n) is 4.22. The van der Waals surface area contributed by atoms with E-state index in [1.54, 1.807) is 0 Å². The van der Waals surface area contributed by atoms with Crippen molar-refractivity contribution in [3.63, 3.8) is 0 Å². The zero-order valence-corrected chi connectivity index (χ0v) is 14.0. The Bertz CT molecular complexity index is 252. The molecule has 1 atom stereocenters. The van der Waals surface area contributed by atoms with Gasteiger partial charge in [-0.1, -0.05) is 20.8 Å². The van der Waals surface area contributed by atoms with Gasteiger partial charge in [-0.2, -0.15) is 0 Å². The van der Waals surface area contributed by atoms with Gasteiger partial charge in [0.2, 0.25) is 0 Å². The molecule has 1 fully saturated rings. The number of hydrogen-bond donors (Lipinski definition) is 2. The van der Waals surface area contributed by atoms with Crippen LogP contribution in [0.25, 0.3) is 0 Å². The van der Waals surface area contributed by atoms with Crippen LogP contribution < -0.4 is 5.32 Å². The predicted octanol–water partition coefficient (Wildman–Crippen LogP) is 1.40. The fraction of sp³-hybridized carbons (Fsp3) is 1.00. The summed E-state index contributed by atoms with van der Waals surface area (Å²) in [5, 5.41) is 13.1. The highest BCUT2D eigenvalue weighted by atomic mass is 16.3. The molecule has 1 rings (SSSR count). The quantitative estimate of drug-likeness (QED) is 0.672. The fourth-order valence-electron chi connectivity index (χ4n) is 2.77. The predicted molar refractivity (Wildman–Crippen MR) is 86.1 cm³/mol. The topological polar surface area (TPSA) is 38.7 Å². The highest BCUT2D eigenvalue weighted by Crippen LogP contribution is 2.12.